The standard InChI is InChI=1S/C15H34O11P2/c1-14(2)28(19,20)25-11-10-23-7-6-21-4-5-22-8-9-24-12-15(16)13-26-27(3,17)18/h14-18H,4-13H2,1-3H3/p+1. The van der Waals surface area contributed by atoms with E-state index in [4.69, 9.17) is 33.3 Å². The van der Waals surface area contributed by atoms with Gasteiger partial charge >= 0.3 is 15.5 Å². The molecule has 170 valence electrons. The molecule has 2 atom stereocenters. The Kier molecular flexibility index (Phi) is 16.2. The van der Waals surface area contributed by atoms with Crippen molar-refractivity contribution in [2.75, 3.05) is 72.7 Å². The third kappa shape index (κ3) is 18.3. The summed E-state index contributed by atoms with van der Waals surface area (Å²) in [5.41, 5.74) is -0.439. The molecule has 0 saturated heterocycles. The van der Waals surface area contributed by atoms with Crippen LogP contribution in [-0.4, -0.2) is 104 Å². The Morgan fingerprint density at radius 1 is 0.821 bits per heavy atom. The predicted octanol–water partition coefficient (Wildman–Crippen LogP) is 0.418. The SMILES string of the molecule is CC(C)P(=O)(O)OCCOCCOCCOCCOCC(O)CO[P+](C)(O)O. The molecule has 0 aliphatic heterocycles. The first kappa shape index (κ1) is 28.3. The number of rotatable bonds is 19. The van der Waals surface area contributed by atoms with Crippen LogP contribution in [0.25, 0.3) is 0 Å². The monoisotopic (exact) mass is 453 g/mol. The molecule has 28 heavy (non-hydrogen) atoms. The Labute approximate surface area is 167 Å². The maximum absolute atomic E-state index is 11.5. The molecule has 0 spiro atoms. The summed E-state index contributed by atoms with van der Waals surface area (Å²) in [6.07, 6.45) is -0.943. The average Bonchev–Trinajstić information content (AvgIpc) is 2.59. The minimum atomic E-state index is -3.54. The predicted molar refractivity (Wildman–Crippen MR) is 103 cm³/mol. The largest absolute Gasteiger partial charge is 0.403 e. The van der Waals surface area contributed by atoms with Crippen LogP contribution in [0.1, 0.15) is 13.8 Å². The highest BCUT2D eigenvalue weighted by Gasteiger charge is 2.28. The Hall–Kier alpha value is 0.260. The zero-order valence-electron chi connectivity index (χ0n) is 16.8. The molecule has 0 radical (unpaired) electrons. The maximum atomic E-state index is 11.5. The van der Waals surface area contributed by atoms with E-state index in [1.807, 2.05) is 0 Å². The summed E-state index contributed by atoms with van der Waals surface area (Å²) >= 11 is 0. The summed E-state index contributed by atoms with van der Waals surface area (Å²) in [6, 6.07) is 0. The van der Waals surface area contributed by atoms with Crippen LogP contribution in [0.3, 0.4) is 0 Å². The molecule has 0 aromatic heterocycles. The number of hydrogen-bond donors (Lipinski definition) is 4. The van der Waals surface area contributed by atoms with Gasteiger partial charge in [-0.15, -0.1) is 0 Å². The quantitative estimate of drug-likeness (QED) is 0.159. The number of aliphatic hydroxyl groups excluding tert-OH is 1. The lowest BCUT2D eigenvalue weighted by molar-refractivity contribution is -0.0264. The molecule has 2 unspecified atom stereocenters. The lowest BCUT2D eigenvalue weighted by Gasteiger charge is -2.15. The zero-order valence-corrected chi connectivity index (χ0v) is 18.6. The van der Waals surface area contributed by atoms with E-state index in [0.717, 1.165) is 6.66 Å². The fraction of sp³-hybridized carbons (Fsp3) is 1.00. The smallest absolute Gasteiger partial charge is 0.388 e. The van der Waals surface area contributed by atoms with Crippen molar-refractivity contribution in [1.82, 2.24) is 0 Å². The number of aliphatic hydroxyl groups is 1. The summed E-state index contributed by atoms with van der Waals surface area (Å²) in [5, 5.41) is 9.49. The Morgan fingerprint density at radius 2 is 1.25 bits per heavy atom. The molecule has 0 aromatic rings. The van der Waals surface area contributed by atoms with E-state index < -0.39 is 27.3 Å². The second kappa shape index (κ2) is 16.0. The van der Waals surface area contributed by atoms with Crippen LogP contribution in [0, 0.1) is 0 Å². The van der Waals surface area contributed by atoms with Crippen LogP contribution >= 0.6 is 15.5 Å². The van der Waals surface area contributed by atoms with E-state index >= 15 is 0 Å². The van der Waals surface area contributed by atoms with Gasteiger partial charge in [-0.3, -0.25) is 4.57 Å². The van der Waals surface area contributed by atoms with E-state index in [9.17, 15) is 14.6 Å². The van der Waals surface area contributed by atoms with E-state index in [-0.39, 0.29) is 33.0 Å². The molecule has 0 heterocycles. The molecule has 11 nitrogen and oxygen atoms in total. The maximum Gasteiger partial charge on any atom is 0.403 e. The fourth-order valence-corrected chi connectivity index (χ4v) is 2.62. The first-order chi connectivity index (χ1) is 13.0. The van der Waals surface area contributed by atoms with Crippen molar-refractivity contribution < 1.29 is 52.3 Å². The molecule has 0 aromatic carbocycles. The van der Waals surface area contributed by atoms with Crippen molar-refractivity contribution in [3.8, 4) is 0 Å². The third-order valence-electron chi connectivity index (χ3n) is 3.09. The summed E-state index contributed by atoms with van der Waals surface area (Å²) < 4.78 is 42.0. The van der Waals surface area contributed by atoms with Gasteiger partial charge in [0.1, 0.15) is 19.4 Å². The van der Waals surface area contributed by atoms with E-state index in [2.05, 4.69) is 4.52 Å². The van der Waals surface area contributed by atoms with Crippen molar-refractivity contribution in [2.45, 2.75) is 25.6 Å². The average molecular weight is 453 g/mol. The summed E-state index contributed by atoms with van der Waals surface area (Å²) in [4.78, 5) is 27.5. The van der Waals surface area contributed by atoms with Gasteiger partial charge in [0.15, 0.2) is 0 Å². The van der Waals surface area contributed by atoms with Crippen LogP contribution in [-0.2, 0) is 32.6 Å². The van der Waals surface area contributed by atoms with Gasteiger partial charge in [-0.1, -0.05) is 13.8 Å². The van der Waals surface area contributed by atoms with Crippen molar-refractivity contribution in [3.63, 3.8) is 0 Å². The topological polar surface area (TPSA) is 153 Å². The van der Waals surface area contributed by atoms with E-state index in [0.29, 0.717) is 33.0 Å². The van der Waals surface area contributed by atoms with Gasteiger partial charge in [0, 0.05) is 0 Å². The first-order valence-corrected chi connectivity index (χ1v) is 12.7. The van der Waals surface area contributed by atoms with Gasteiger partial charge in [0.2, 0.25) is 0 Å². The molecule has 0 amide bonds. The Balaban J connectivity index is 3.29. The molecule has 4 N–H and O–H groups in total. The van der Waals surface area contributed by atoms with Crippen LogP contribution < -0.4 is 0 Å². The molecule has 0 aliphatic rings. The van der Waals surface area contributed by atoms with E-state index in [1.54, 1.807) is 13.8 Å². The van der Waals surface area contributed by atoms with Gasteiger partial charge in [0.25, 0.3) is 0 Å². The zero-order chi connectivity index (χ0) is 21.5. The van der Waals surface area contributed by atoms with Crippen LogP contribution in [0.2, 0.25) is 0 Å². The second-order valence-electron chi connectivity index (χ2n) is 6.19. The molecule has 0 saturated carbocycles. The molecule has 0 bridgehead atoms. The molecular formula is C15H35O11P2+. The van der Waals surface area contributed by atoms with Crippen molar-refractivity contribution in [2.24, 2.45) is 0 Å². The highest BCUT2D eigenvalue weighted by molar-refractivity contribution is 7.58. The van der Waals surface area contributed by atoms with Gasteiger partial charge in [0.05, 0.1) is 65.1 Å². The third-order valence-corrected chi connectivity index (χ3v) is 5.59. The Bertz CT molecular complexity index is 417. The van der Waals surface area contributed by atoms with Crippen LogP contribution in [0.5, 0.6) is 0 Å². The van der Waals surface area contributed by atoms with Crippen molar-refractivity contribution in [3.05, 3.63) is 0 Å². The minimum absolute atomic E-state index is 0.00379. The van der Waals surface area contributed by atoms with Crippen molar-refractivity contribution in [1.29, 1.82) is 0 Å². The first-order valence-electron chi connectivity index (χ1n) is 8.97. The number of hydrogen-bond acceptors (Lipinski definition) is 10. The van der Waals surface area contributed by atoms with Gasteiger partial charge < -0.3 is 33.5 Å². The van der Waals surface area contributed by atoms with E-state index in [1.165, 1.54) is 0 Å². The summed E-state index contributed by atoms with van der Waals surface area (Å²) in [6.45, 7) is 6.51. The van der Waals surface area contributed by atoms with Gasteiger partial charge in [-0.25, -0.2) is 0 Å². The molecule has 0 fully saturated rings. The highest BCUT2D eigenvalue weighted by atomic mass is 31.2. The van der Waals surface area contributed by atoms with Gasteiger partial charge in [-0.05, 0) is 0 Å². The van der Waals surface area contributed by atoms with Crippen molar-refractivity contribution >= 4 is 15.5 Å². The molecule has 13 heteroatoms. The number of ether oxygens (including phenoxy) is 4. The van der Waals surface area contributed by atoms with Crippen LogP contribution in [0.4, 0.5) is 0 Å². The fourth-order valence-electron chi connectivity index (χ4n) is 1.53. The summed E-state index contributed by atoms with van der Waals surface area (Å²) in [7, 11) is -6.88. The minimum Gasteiger partial charge on any atom is -0.388 e. The normalized spacial score (nSPS) is 15.7. The lowest BCUT2D eigenvalue weighted by Crippen LogP contribution is -2.23. The highest BCUT2D eigenvalue weighted by Crippen LogP contribution is 2.47. The summed E-state index contributed by atoms with van der Waals surface area (Å²) in [5.74, 6) is 0. The molecular weight excluding hydrogens is 418 g/mol. The second-order valence-corrected chi connectivity index (χ2v) is 10.5. The van der Waals surface area contributed by atoms with Crippen LogP contribution in [0.15, 0.2) is 0 Å². The molecule has 0 rings (SSSR count). The Morgan fingerprint density at radius 3 is 1.68 bits per heavy atom. The molecule has 0 aliphatic carbocycles. The lowest BCUT2D eigenvalue weighted by atomic mass is 10.4. The van der Waals surface area contributed by atoms with Gasteiger partial charge in [-0.2, -0.15) is 14.3 Å².